The average Bonchev–Trinajstić information content (AvgIpc) is 2.81. The molecular formula is C26H31FN2O4. The molecule has 0 saturated carbocycles. The number of hydrogen-bond acceptors (Lipinski definition) is 5. The number of halogens is 1. The Kier molecular flexibility index (Phi) is 5.69. The van der Waals surface area contributed by atoms with Gasteiger partial charge in [0, 0.05) is 17.5 Å². The lowest BCUT2D eigenvalue weighted by atomic mass is 9.78. The van der Waals surface area contributed by atoms with Crippen LogP contribution in [0.5, 0.6) is 11.5 Å². The van der Waals surface area contributed by atoms with Crippen molar-refractivity contribution in [1.29, 1.82) is 0 Å². The van der Waals surface area contributed by atoms with Gasteiger partial charge in [0.25, 0.3) is 0 Å². The van der Waals surface area contributed by atoms with Gasteiger partial charge in [0.05, 0.1) is 19.8 Å². The molecule has 0 aliphatic carbocycles. The number of rotatable bonds is 4. The Morgan fingerprint density at radius 2 is 1.88 bits per heavy atom. The fourth-order valence-corrected chi connectivity index (χ4v) is 5.30. The number of carbonyl (C=O) groups is 1. The predicted octanol–water partition coefficient (Wildman–Crippen LogP) is 4.78. The summed E-state index contributed by atoms with van der Waals surface area (Å²) in [6, 6.07) is 10.4. The van der Waals surface area contributed by atoms with E-state index in [2.05, 4.69) is 24.1 Å². The van der Waals surface area contributed by atoms with Gasteiger partial charge in [0.15, 0.2) is 11.6 Å². The Hall–Kier alpha value is -2.80. The first-order chi connectivity index (χ1) is 15.8. The van der Waals surface area contributed by atoms with E-state index in [9.17, 15) is 9.18 Å². The summed E-state index contributed by atoms with van der Waals surface area (Å²) in [7, 11) is 1.45. The molecule has 6 rings (SSSR count). The van der Waals surface area contributed by atoms with Crippen molar-refractivity contribution in [2.45, 2.75) is 38.8 Å². The van der Waals surface area contributed by atoms with Crippen molar-refractivity contribution >= 4 is 6.09 Å². The molecule has 176 valence electrons. The fourth-order valence-electron chi connectivity index (χ4n) is 5.30. The standard InChI is InChI=1S/C26H31FN2O4/c1-26(2)15-32-22-13-18(17-5-7-21(31-3)20(27)12-17)4-6-19(22)24(26)28-25(30)33-23-14-29-10-8-16(23)9-11-29/h4-7,12-13,16,23-24H,8-11,14-15H2,1-3H3,(H,28,30)/t23-,24?/m1/s1. The average molecular weight is 455 g/mol. The summed E-state index contributed by atoms with van der Waals surface area (Å²) >= 11 is 0. The largest absolute Gasteiger partial charge is 0.494 e. The van der Waals surface area contributed by atoms with Gasteiger partial charge in [0.2, 0.25) is 0 Å². The summed E-state index contributed by atoms with van der Waals surface area (Å²) in [4.78, 5) is 15.3. The number of carbonyl (C=O) groups excluding carboxylic acids is 1. The van der Waals surface area contributed by atoms with Crippen molar-refractivity contribution in [3.05, 3.63) is 47.8 Å². The van der Waals surface area contributed by atoms with Gasteiger partial charge in [-0.3, -0.25) is 4.90 Å². The second-order valence-corrected chi connectivity index (χ2v) is 10.0. The smallest absolute Gasteiger partial charge is 0.407 e. The number of fused-ring (bicyclic) bond motifs is 4. The Morgan fingerprint density at radius 1 is 1.15 bits per heavy atom. The highest BCUT2D eigenvalue weighted by atomic mass is 19.1. The van der Waals surface area contributed by atoms with Gasteiger partial charge in [0.1, 0.15) is 11.9 Å². The zero-order valence-electron chi connectivity index (χ0n) is 19.4. The summed E-state index contributed by atoms with van der Waals surface area (Å²) in [5.41, 5.74) is 2.16. The first-order valence-electron chi connectivity index (χ1n) is 11.6. The SMILES string of the molecule is COc1ccc(-c2ccc3c(c2)OCC(C)(C)C3NC(=O)O[C@@H]2CN3CCC2CC3)cc1F. The Labute approximate surface area is 194 Å². The van der Waals surface area contributed by atoms with Gasteiger partial charge < -0.3 is 19.5 Å². The summed E-state index contributed by atoms with van der Waals surface area (Å²) in [5.74, 6) is 0.949. The van der Waals surface area contributed by atoms with E-state index in [-0.39, 0.29) is 29.4 Å². The fraction of sp³-hybridized carbons (Fsp3) is 0.500. The molecule has 7 heteroatoms. The van der Waals surface area contributed by atoms with E-state index in [1.807, 2.05) is 24.3 Å². The van der Waals surface area contributed by atoms with E-state index in [0.29, 0.717) is 18.3 Å². The van der Waals surface area contributed by atoms with Crippen LogP contribution in [0.2, 0.25) is 0 Å². The molecule has 0 radical (unpaired) electrons. The van der Waals surface area contributed by atoms with Crippen molar-refractivity contribution < 1.29 is 23.4 Å². The van der Waals surface area contributed by atoms with E-state index in [0.717, 1.165) is 49.2 Å². The second-order valence-electron chi connectivity index (χ2n) is 10.0. The lowest BCUT2D eigenvalue weighted by molar-refractivity contribution is -0.0361. The Morgan fingerprint density at radius 3 is 2.55 bits per heavy atom. The maximum absolute atomic E-state index is 14.2. The van der Waals surface area contributed by atoms with Gasteiger partial charge >= 0.3 is 6.09 Å². The third-order valence-corrected chi connectivity index (χ3v) is 7.31. The van der Waals surface area contributed by atoms with Gasteiger partial charge in [-0.25, -0.2) is 9.18 Å². The van der Waals surface area contributed by atoms with Crippen LogP contribution >= 0.6 is 0 Å². The van der Waals surface area contributed by atoms with Crippen LogP contribution in [0.3, 0.4) is 0 Å². The first kappa shape index (κ1) is 22.0. The molecule has 1 amide bonds. The number of alkyl carbamates (subject to hydrolysis) is 1. The number of nitrogens with zero attached hydrogens (tertiary/aromatic N) is 1. The second kappa shape index (κ2) is 8.52. The summed E-state index contributed by atoms with van der Waals surface area (Å²) in [5, 5.41) is 3.12. The number of amides is 1. The highest BCUT2D eigenvalue weighted by molar-refractivity contribution is 5.70. The van der Waals surface area contributed by atoms with E-state index >= 15 is 0 Å². The van der Waals surface area contributed by atoms with Crippen molar-refractivity contribution in [3.63, 3.8) is 0 Å². The van der Waals surface area contributed by atoms with Gasteiger partial charge in [-0.05, 0) is 61.2 Å². The third-order valence-electron chi connectivity index (χ3n) is 7.31. The number of nitrogens with one attached hydrogen (secondary N) is 1. The maximum atomic E-state index is 14.2. The normalized spacial score (nSPS) is 27.3. The molecule has 2 aromatic rings. The number of hydrogen-bond donors (Lipinski definition) is 1. The summed E-state index contributed by atoms with van der Waals surface area (Å²) in [6.07, 6.45) is 1.78. The minimum absolute atomic E-state index is 0.0396. The monoisotopic (exact) mass is 454 g/mol. The van der Waals surface area contributed by atoms with Crippen molar-refractivity contribution in [2.24, 2.45) is 11.3 Å². The Balaban J connectivity index is 1.35. The highest BCUT2D eigenvalue weighted by Gasteiger charge is 2.41. The number of ether oxygens (including phenoxy) is 3. The van der Waals surface area contributed by atoms with Crippen molar-refractivity contribution in [1.82, 2.24) is 10.2 Å². The predicted molar refractivity (Wildman–Crippen MR) is 123 cm³/mol. The minimum Gasteiger partial charge on any atom is -0.494 e. The van der Waals surface area contributed by atoms with E-state index in [4.69, 9.17) is 14.2 Å². The lowest BCUT2D eigenvalue weighted by Crippen LogP contribution is -2.53. The molecule has 4 aliphatic heterocycles. The van der Waals surface area contributed by atoms with Gasteiger partial charge in [-0.2, -0.15) is 0 Å². The van der Waals surface area contributed by atoms with E-state index in [1.54, 1.807) is 6.07 Å². The van der Waals surface area contributed by atoms with Crippen LogP contribution in [0.1, 0.15) is 38.3 Å². The van der Waals surface area contributed by atoms with E-state index < -0.39 is 5.82 Å². The molecule has 0 spiro atoms. The minimum atomic E-state index is -0.412. The van der Waals surface area contributed by atoms with Crippen LogP contribution in [-0.2, 0) is 4.74 Å². The zero-order chi connectivity index (χ0) is 23.2. The van der Waals surface area contributed by atoms with Crippen LogP contribution in [0, 0.1) is 17.2 Å². The van der Waals surface area contributed by atoms with Gasteiger partial charge in [-0.1, -0.05) is 32.0 Å². The lowest BCUT2D eigenvalue weighted by Gasteiger charge is -2.44. The first-order valence-corrected chi connectivity index (χ1v) is 11.6. The maximum Gasteiger partial charge on any atom is 0.407 e. The van der Waals surface area contributed by atoms with Crippen LogP contribution in [0.25, 0.3) is 11.1 Å². The van der Waals surface area contributed by atoms with Gasteiger partial charge in [-0.15, -0.1) is 0 Å². The van der Waals surface area contributed by atoms with Crippen LogP contribution in [0.15, 0.2) is 36.4 Å². The number of methoxy groups -OCH3 is 1. The number of benzene rings is 2. The van der Waals surface area contributed by atoms with Crippen molar-refractivity contribution in [3.8, 4) is 22.6 Å². The molecule has 3 fully saturated rings. The molecule has 3 saturated heterocycles. The molecule has 1 unspecified atom stereocenters. The molecule has 4 aliphatic rings. The molecule has 0 aromatic heterocycles. The zero-order valence-corrected chi connectivity index (χ0v) is 19.4. The molecule has 2 aromatic carbocycles. The van der Waals surface area contributed by atoms with E-state index in [1.165, 1.54) is 13.2 Å². The summed E-state index contributed by atoms with van der Waals surface area (Å²) in [6.45, 7) is 7.63. The quantitative estimate of drug-likeness (QED) is 0.721. The van der Waals surface area contributed by atoms with Crippen molar-refractivity contribution in [2.75, 3.05) is 33.4 Å². The topological polar surface area (TPSA) is 60.0 Å². The Bertz CT molecular complexity index is 1050. The molecule has 1 N–H and O–H groups in total. The highest BCUT2D eigenvalue weighted by Crippen LogP contribution is 2.44. The number of piperidine rings is 3. The molecule has 6 nitrogen and oxygen atoms in total. The third kappa shape index (κ3) is 4.26. The van der Waals surface area contributed by atoms with Crippen LogP contribution in [0.4, 0.5) is 9.18 Å². The molecule has 33 heavy (non-hydrogen) atoms. The summed E-state index contributed by atoms with van der Waals surface area (Å²) < 4.78 is 31.2. The van der Waals surface area contributed by atoms with Crippen LogP contribution < -0.4 is 14.8 Å². The van der Waals surface area contributed by atoms with Crippen LogP contribution in [-0.4, -0.2) is 50.4 Å². The molecule has 4 heterocycles. The molecule has 2 atom stereocenters. The molecular weight excluding hydrogens is 423 g/mol. The molecule has 2 bridgehead atoms.